The van der Waals surface area contributed by atoms with E-state index in [9.17, 15) is 0 Å². The van der Waals surface area contributed by atoms with E-state index in [2.05, 4.69) is 26.5 Å². The van der Waals surface area contributed by atoms with Crippen LogP contribution in [0.3, 0.4) is 0 Å². The Labute approximate surface area is 81.6 Å². The Morgan fingerprint density at radius 1 is 1.38 bits per heavy atom. The first-order chi connectivity index (χ1) is 5.94. The van der Waals surface area contributed by atoms with Gasteiger partial charge in [0.1, 0.15) is 0 Å². The first-order valence-corrected chi connectivity index (χ1v) is 4.96. The van der Waals surface area contributed by atoms with E-state index in [0.29, 0.717) is 12.5 Å². The van der Waals surface area contributed by atoms with Crippen LogP contribution in [0.1, 0.15) is 34.1 Å². The van der Waals surface area contributed by atoms with Crippen LogP contribution >= 0.6 is 0 Å². The molecule has 0 fully saturated rings. The number of hydrogen-bond acceptors (Lipinski definition) is 2. The van der Waals surface area contributed by atoms with Crippen molar-refractivity contribution in [3.63, 3.8) is 0 Å². The van der Waals surface area contributed by atoms with Gasteiger partial charge in [-0.15, -0.1) is 0 Å². The van der Waals surface area contributed by atoms with E-state index in [4.69, 9.17) is 9.47 Å². The van der Waals surface area contributed by atoms with Gasteiger partial charge in [0.05, 0.1) is 18.6 Å². The van der Waals surface area contributed by atoms with Crippen molar-refractivity contribution in [3.05, 3.63) is 0 Å². The molecule has 0 aromatic carbocycles. The molecule has 3 heteroatoms. The lowest BCUT2D eigenvalue weighted by molar-refractivity contribution is -0.569. The van der Waals surface area contributed by atoms with Gasteiger partial charge in [-0.2, -0.15) is 0 Å². The van der Waals surface area contributed by atoms with Gasteiger partial charge in [0.25, 0.3) is 0 Å². The zero-order valence-corrected chi connectivity index (χ0v) is 9.59. The summed E-state index contributed by atoms with van der Waals surface area (Å²) >= 11 is 0. The Bertz CT molecular complexity index is 137. The van der Waals surface area contributed by atoms with Crippen LogP contribution in [0.2, 0.25) is 0 Å². The number of quaternary nitrogens is 1. The van der Waals surface area contributed by atoms with Crippen LogP contribution in [0.15, 0.2) is 0 Å². The largest absolute Gasteiger partial charge is 0.384 e. The number of rotatable bonds is 6. The summed E-state index contributed by atoms with van der Waals surface area (Å²) in [6.45, 7) is 8.99. The highest BCUT2D eigenvalue weighted by Gasteiger charge is 2.33. The van der Waals surface area contributed by atoms with Crippen LogP contribution in [0.25, 0.3) is 0 Å². The third-order valence-corrected chi connectivity index (χ3v) is 2.50. The predicted octanol–water partition coefficient (Wildman–Crippen LogP) is 1.04. The second-order valence-corrected chi connectivity index (χ2v) is 4.01. The van der Waals surface area contributed by atoms with E-state index in [-0.39, 0.29) is 11.8 Å². The summed E-state index contributed by atoms with van der Waals surface area (Å²) in [4.78, 5) is 0. The summed E-state index contributed by atoms with van der Waals surface area (Å²) in [6, 6.07) is 0. The Balaban J connectivity index is 4.04. The predicted molar refractivity (Wildman–Crippen MR) is 53.2 cm³/mol. The van der Waals surface area contributed by atoms with Crippen LogP contribution in [0.5, 0.6) is 0 Å². The molecule has 0 aliphatic rings. The molecule has 0 aromatic rings. The molecule has 0 heterocycles. The zero-order valence-electron chi connectivity index (χ0n) is 9.59. The molecule has 0 aliphatic carbocycles. The molecule has 3 atom stereocenters. The van der Waals surface area contributed by atoms with Crippen molar-refractivity contribution in [2.75, 3.05) is 13.7 Å². The van der Waals surface area contributed by atoms with Crippen LogP contribution in [-0.2, 0) is 9.47 Å². The Morgan fingerprint density at radius 3 is 2.31 bits per heavy atom. The van der Waals surface area contributed by atoms with Crippen molar-refractivity contribution < 1.29 is 15.2 Å². The van der Waals surface area contributed by atoms with Gasteiger partial charge in [-0.05, 0) is 13.3 Å². The third-order valence-electron chi connectivity index (χ3n) is 2.50. The third kappa shape index (κ3) is 4.60. The molecule has 0 rings (SSSR count). The topological polar surface area (TPSA) is 46.1 Å². The molecular weight excluding hydrogens is 166 g/mol. The normalized spacial score (nSPS) is 20.8. The molecule has 0 spiro atoms. The van der Waals surface area contributed by atoms with Crippen molar-refractivity contribution in [3.8, 4) is 0 Å². The van der Waals surface area contributed by atoms with Crippen molar-refractivity contribution in [2.45, 2.75) is 45.9 Å². The van der Waals surface area contributed by atoms with Crippen LogP contribution in [0.4, 0.5) is 0 Å². The monoisotopic (exact) mass is 190 g/mol. The molecule has 0 saturated carbocycles. The Morgan fingerprint density at radius 2 is 1.92 bits per heavy atom. The lowest BCUT2D eigenvalue weighted by Gasteiger charge is -2.30. The van der Waals surface area contributed by atoms with Crippen molar-refractivity contribution in [1.29, 1.82) is 0 Å². The van der Waals surface area contributed by atoms with Gasteiger partial charge in [-0.1, -0.05) is 13.8 Å². The first-order valence-electron chi connectivity index (χ1n) is 4.96. The smallest absolute Gasteiger partial charge is 0.200 e. The minimum Gasteiger partial charge on any atom is -0.384 e. The summed E-state index contributed by atoms with van der Waals surface area (Å²) < 4.78 is 10.9. The van der Waals surface area contributed by atoms with Gasteiger partial charge in [0, 0.05) is 14.0 Å². The summed E-state index contributed by atoms with van der Waals surface area (Å²) in [5, 5.41) is 0. The molecule has 0 saturated heterocycles. The summed E-state index contributed by atoms with van der Waals surface area (Å²) in [7, 11) is 1.70. The first kappa shape index (κ1) is 12.9. The highest BCUT2D eigenvalue weighted by molar-refractivity contribution is 4.68. The minimum absolute atomic E-state index is 0.266. The van der Waals surface area contributed by atoms with E-state index in [1.807, 2.05) is 6.92 Å². The van der Waals surface area contributed by atoms with E-state index in [1.54, 1.807) is 7.11 Å². The Kier molecular flexibility index (Phi) is 5.53. The van der Waals surface area contributed by atoms with Gasteiger partial charge < -0.3 is 15.2 Å². The fourth-order valence-corrected chi connectivity index (χ4v) is 1.09. The molecule has 0 aromatic heterocycles. The maximum atomic E-state index is 5.81. The van der Waals surface area contributed by atoms with Crippen molar-refractivity contribution >= 4 is 0 Å². The fraction of sp³-hybridized carbons (Fsp3) is 1.00. The van der Waals surface area contributed by atoms with E-state index in [0.717, 1.165) is 6.42 Å². The van der Waals surface area contributed by atoms with Gasteiger partial charge in [0.2, 0.25) is 5.72 Å². The molecule has 0 radical (unpaired) electrons. The van der Waals surface area contributed by atoms with E-state index < -0.39 is 0 Å². The van der Waals surface area contributed by atoms with E-state index in [1.165, 1.54) is 0 Å². The second-order valence-electron chi connectivity index (χ2n) is 4.01. The second kappa shape index (κ2) is 5.58. The van der Waals surface area contributed by atoms with Crippen LogP contribution in [0, 0.1) is 5.92 Å². The number of ether oxygens (including phenoxy) is 2. The zero-order chi connectivity index (χ0) is 10.5. The SMILES string of the molecule is CCC(C)OC(C)([NH3+])C(C)COC. The highest BCUT2D eigenvalue weighted by Crippen LogP contribution is 2.16. The summed E-state index contributed by atoms with van der Waals surface area (Å²) in [6.07, 6.45) is 1.28. The number of methoxy groups -OCH3 is 1. The molecule has 3 nitrogen and oxygen atoms in total. The Hall–Kier alpha value is -0.120. The molecule has 13 heavy (non-hydrogen) atoms. The quantitative estimate of drug-likeness (QED) is 0.636. The molecular formula is C10H24NO2+. The van der Waals surface area contributed by atoms with Crippen molar-refractivity contribution in [1.82, 2.24) is 0 Å². The van der Waals surface area contributed by atoms with Crippen LogP contribution < -0.4 is 5.73 Å². The molecule has 0 bridgehead atoms. The minimum atomic E-state index is -0.342. The molecule has 3 unspecified atom stereocenters. The lowest BCUT2D eigenvalue weighted by Crippen LogP contribution is -2.76. The standard InChI is InChI=1S/C10H23NO2/c1-6-9(3)13-10(4,11)8(2)7-12-5/h8-9H,6-7,11H2,1-5H3/p+1. The van der Waals surface area contributed by atoms with E-state index >= 15 is 0 Å². The number of hydrogen-bond donors (Lipinski definition) is 1. The fourth-order valence-electron chi connectivity index (χ4n) is 1.09. The van der Waals surface area contributed by atoms with Crippen LogP contribution in [-0.4, -0.2) is 25.5 Å². The molecule has 80 valence electrons. The van der Waals surface area contributed by atoms with Gasteiger partial charge >= 0.3 is 0 Å². The van der Waals surface area contributed by atoms with Crippen molar-refractivity contribution in [2.24, 2.45) is 5.92 Å². The lowest BCUT2D eigenvalue weighted by atomic mass is 10.0. The van der Waals surface area contributed by atoms with Gasteiger partial charge in [-0.3, -0.25) is 0 Å². The molecule has 0 amide bonds. The molecule has 3 N–H and O–H groups in total. The maximum absolute atomic E-state index is 5.81. The van der Waals surface area contributed by atoms with Gasteiger partial charge in [0.15, 0.2) is 0 Å². The molecule has 0 aliphatic heterocycles. The summed E-state index contributed by atoms with van der Waals surface area (Å²) in [5.74, 6) is 0.312. The summed E-state index contributed by atoms with van der Waals surface area (Å²) in [5.41, 5.74) is 3.73. The maximum Gasteiger partial charge on any atom is 0.200 e. The highest BCUT2D eigenvalue weighted by atomic mass is 16.5. The van der Waals surface area contributed by atoms with Gasteiger partial charge in [-0.25, -0.2) is 0 Å². The average molecular weight is 190 g/mol. The average Bonchev–Trinajstić information content (AvgIpc) is 2.04.